The van der Waals surface area contributed by atoms with Gasteiger partial charge in [-0.05, 0) is 37.5 Å². The van der Waals surface area contributed by atoms with E-state index in [9.17, 15) is 0 Å². The van der Waals surface area contributed by atoms with E-state index in [4.69, 9.17) is 0 Å². The lowest BCUT2D eigenvalue weighted by Crippen LogP contribution is -2.13. The van der Waals surface area contributed by atoms with Crippen LogP contribution in [0.15, 0.2) is 11.6 Å². The van der Waals surface area contributed by atoms with Crippen LogP contribution in [0.3, 0.4) is 0 Å². The van der Waals surface area contributed by atoms with Crippen molar-refractivity contribution in [1.82, 2.24) is 0 Å². The molecule has 0 N–H and O–H groups in total. The summed E-state index contributed by atoms with van der Waals surface area (Å²) in [5.41, 5.74) is 1.78. The molecule has 0 amide bonds. The van der Waals surface area contributed by atoms with E-state index in [2.05, 4.69) is 13.0 Å². The molecule has 1 saturated carbocycles. The van der Waals surface area contributed by atoms with Crippen molar-refractivity contribution in [2.24, 2.45) is 11.8 Å². The molecule has 0 heterocycles. The molecule has 1 fully saturated rings. The Morgan fingerprint density at radius 3 is 2.67 bits per heavy atom. The molecule has 0 heteroatoms. The maximum atomic E-state index is 2.52. The lowest BCUT2D eigenvalue weighted by Gasteiger charge is -2.28. The van der Waals surface area contributed by atoms with Gasteiger partial charge >= 0.3 is 0 Å². The van der Waals surface area contributed by atoms with Gasteiger partial charge < -0.3 is 0 Å². The normalized spacial score (nSPS) is 31.1. The molecule has 2 aliphatic rings. The largest absolute Gasteiger partial charge is 0.0851 e. The van der Waals surface area contributed by atoms with Crippen molar-refractivity contribution in [2.45, 2.75) is 51.9 Å². The summed E-state index contributed by atoms with van der Waals surface area (Å²) in [6, 6.07) is 0. The molecule has 0 aliphatic heterocycles. The Morgan fingerprint density at radius 2 is 2.17 bits per heavy atom. The Morgan fingerprint density at radius 1 is 1.33 bits per heavy atom. The van der Waals surface area contributed by atoms with Crippen LogP contribution in [0.5, 0.6) is 0 Å². The first-order valence-electron chi connectivity index (χ1n) is 5.52. The Hall–Kier alpha value is -0.260. The minimum atomic E-state index is 0.954. The van der Waals surface area contributed by atoms with E-state index < -0.39 is 0 Å². The highest BCUT2D eigenvalue weighted by Gasteiger charge is 2.20. The molecule has 1 atom stereocenters. The maximum Gasteiger partial charge on any atom is -0.0292 e. The van der Waals surface area contributed by atoms with Gasteiger partial charge in [0, 0.05) is 0 Å². The lowest BCUT2D eigenvalue weighted by molar-refractivity contribution is 0.307. The van der Waals surface area contributed by atoms with Gasteiger partial charge in [-0.1, -0.05) is 37.8 Å². The molecular formula is C12H20. The van der Waals surface area contributed by atoms with Gasteiger partial charge in [-0.15, -0.1) is 0 Å². The zero-order chi connectivity index (χ0) is 8.39. The van der Waals surface area contributed by atoms with Crippen molar-refractivity contribution < 1.29 is 0 Å². The van der Waals surface area contributed by atoms with Gasteiger partial charge in [-0.25, -0.2) is 0 Å². The predicted octanol–water partition coefficient (Wildman–Crippen LogP) is 3.92. The third-order valence-electron chi connectivity index (χ3n) is 3.54. The van der Waals surface area contributed by atoms with Crippen LogP contribution < -0.4 is 0 Å². The molecule has 68 valence electrons. The topological polar surface area (TPSA) is 0 Å². The summed E-state index contributed by atoms with van der Waals surface area (Å²) >= 11 is 0. The molecule has 12 heavy (non-hydrogen) atoms. The van der Waals surface area contributed by atoms with Crippen LogP contribution in [-0.2, 0) is 0 Å². The molecule has 0 aromatic heterocycles. The highest BCUT2D eigenvalue weighted by atomic mass is 14.3. The van der Waals surface area contributed by atoms with Crippen molar-refractivity contribution in [1.29, 1.82) is 0 Å². The second kappa shape index (κ2) is 3.64. The molecule has 1 unspecified atom stereocenters. The summed E-state index contributed by atoms with van der Waals surface area (Å²) < 4.78 is 0. The molecule has 2 rings (SSSR count). The molecule has 0 aromatic carbocycles. The van der Waals surface area contributed by atoms with E-state index in [1.54, 1.807) is 5.57 Å². The van der Waals surface area contributed by atoms with Crippen molar-refractivity contribution in [3.63, 3.8) is 0 Å². The van der Waals surface area contributed by atoms with E-state index >= 15 is 0 Å². The van der Waals surface area contributed by atoms with Gasteiger partial charge in [0.25, 0.3) is 0 Å². The van der Waals surface area contributed by atoms with Crippen LogP contribution in [0.2, 0.25) is 0 Å². The molecule has 0 radical (unpaired) electrons. The maximum absolute atomic E-state index is 2.52. The SMILES string of the molecule is CC1CC=C(CC2CCC2)CC1. The summed E-state index contributed by atoms with van der Waals surface area (Å²) in [4.78, 5) is 0. The van der Waals surface area contributed by atoms with Crippen molar-refractivity contribution in [3.05, 3.63) is 11.6 Å². The number of hydrogen-bond acceptors (Lipinski definition) is 0. The van der Waals surface area contributed by atoms with Gasteiger partial charge in [0.2, 0.25) is 0 Å². The van der Waals surface area contributed by atoms with Crippen molar-refractivity contribution >= 4 is 0 Å². The van der Waals surface area contributed by atoms with Gasteiger partial charge in [-0.2, -0.15) is 0 Å². The number of allylic oxidation sites excluding steroid dienone is 2. The molecule has 0 spiro atoms. The Kier molecular flexibility index (Phi) is 2.53. The first-order chi connectivity index (χ1) is 5.84. The standard InChI is InChI=1S/C12H20/c1-10-5-7-12(8-6-10)9-11-3-2-4-11/h7,10-11H,2-6,8-9H2,1H3. The molecule has 0 bridgehead atoms. The van der Waals surface area contributed by atoms with Crippen LogP contribution in [0.25, 0.3) is 0 Å². The van der Waals surface area contributed by atoms with Crippen LogP contribution >= 0.6 is 0 Å². The predicted molar refractivity (Wildman–Crippen MR) is 53.1 cm³/mol. The van der Waals surface area contributed by atoms with E-state index in [1.165, 1.54) is 44.9 Å². The fourth-order valence-electron chi connectivity index (χ4n) is 2.27. The summed E-state index contributed by atoms with van der Waals surface area (Å²) in [5, 5.41) is 0. The summed E-state index contributed by atoms with van der Waals surface area (Å²) in [6.45, 7) is 2.37. The molecule has 2 aliphatic carbocycles. The Labute approximate surface area is 76.1 Å². The number of hydrogen-bond donors (Lipinski definition) is 0. The van der Waals surface area contributed by atoms with Gasteiger partial charge in [-0.3, -0.25) is 0 Å². The monoisotopic (exact) mass is 164 g/mol. The average Bonchev–Trinajstić information content (AvgIpc) is 2.00. The zero-order valence-electron chi connectivity index (χ0n) is 8.18. The van der Waals surface area contributed by atoms with Crippen molar-refractivity contribution in [2.75, 3.05) is 0 Å². The third-order valence-corrected chi connectivity index (χ3v) is 3.54. The highest BCUT2D eigenvalue weighted by Crippen LogP contribution is 2.35. The summed E-state index contributed by atoms with van der Waals surface area (Å²) in [7, 11) is 0. The smallest absolute Gasteiger partial charge is 0.0292 e. The van der Waals surface area contributed by atoms with E-state index in [0.29, 0.717) is 0 Å². The summed E-state index contributed by atoms with van der Waals surface area (Å²) in [5.74, 6) is 2.03. The van der Waals surface area contributed by atoms with Crippen LogP contribution in [0.1, 0.15) is 51.9 Å². The van der Waals surface area contributed by atoms with Crippen LogP contribution in [0.4, 0.5) is 0 Å². The quantitative estimate of drug-likeness (QED) is 0.543. The zero-order valence-corrected chi connectivity index (χ0v) is 8.18. The molecule has 0 nitrogen and oxygen atoms in total. The second-order valence-corrected chi connectivity index (χ2v) is 4.74. The highest BCUT2D eigenvalue weighted by molar-refractivity contribution is 5.07. The fourth-order valence-corrected chi connectivity index (χ4v) is 2.27. The molecule has 0 saturated heterocycles. The molecular weight excluding hydrogens is 144 g/mol. The number of rotatable bonds is 2. The van der Waals surface area contributed by atoms with Gasteiger partial charge in [0.15, 0.2) is 0 Å². The van der Waals surface area contributed by atoms with Crippen LogP contribution in [0, 0.1) is 11.8 Å². The van der Waals surface area contributed by atoms with E-state index in [1.807, 2.05) is 0 Å². The first-order valence-corrected chi connectivity index (χ1v) is 5.52. The summed E-state index contributed by atoms with van der Waals surface area (Å²) in [6.07, 6.45) is 12.7. The second-order valence-electron chi connectivity index (χ2n) is 4.74. The molecule has 0 aromatic rings. The Balaban J connectivity index is 1.79. The third kappa shape index (κ3) is 1.91. The van der Waals surface area contributed by atoms with Crippen molar-refractivity contribution in [3.8, 4) is 0 Å². The van der Waals surface area contributed by atoms with Crippen LogP contribution in [-0.4, -0.2) is 0 Å². The fraction of sp³-hybridized carbons (Fsp3) is 0.833. The minimum absolute atomic E-state index is 0.954. The van der Waals surface area contributed by atoms with Gasteiger partial charge in [0.1, 0.15) is 0 Å². The first kappa shape index (κ1) is 8.34. The minimum Gasteiger partial charge on any atom is -0.0851 e. The van der Waals surface area contributed by atoms with E-state index in [-0.39, 0.29) is 0 Å². The Bertz CT molecular complexity index is 174. The lowest BCUT2D eigenvalue weighted by atomic mass is 9.78. The van der Waals surface area contributed by atoms with Gasteiger partial charge in [0.05, 0.1) is 0 Å². The average molecular weight is 164 g/mol. The van der Waals surface area contributed by atoms with E-state index in [0.717, 1.165) is 11.8 Å².